The average Bonchev–Trinajstić information content (AvgIpc) is 3.10. The van der Waals surface area contributed by atoms with Gasteiger partial charge in [0.1, 0.15) is 5.00 Å². The maximum Gasteiger partial charge on any atom is 0.341 e. The molecule has 174 valence electrons. The van der Waals surface area contributed by atoms with Crippen LogP contribution >= 0.6 is 11.3 Å². The predicted octanol–water partition coefficient (Wildman–Crippen LogP) is 3.19. The number of nitrogens with zero attached hydrogens (tertiary/aromatic N) is 2. The normalized spacial score (nSPS) is 14.5. The molecular weight excluding hydrogens is 450 g/mol. The molecule has 10 heteroatoms. The fourth-order valence-corrected chi connectivity index (χ4v) is 6.11. The van der Waals surface area contributed by atoms with Crippen LogP contribution in [0.15, 0.2) is 29.2 Å². The van der Waals surface area contributed by atoms with Crippen LogP contribution in [-0.4, -0.2) is 62.8 Å². The van der Waals surface area contributed by atoms with E-state index in [4.69, 9.17) is 4.74 Å². The fourth-order valence-electron chi connectivity index (χ4n) is 3.44. The first-order valence-electron chi connectivity index (χ1n) is 10.5. The van der Waals surface area contributed by atoms with Crippen molar-refractivity contribution in [2.75, 3.05) is 32.6 Å². The first kappa shape index (κ1) is 24.4. The second-order valence-electron chi connectivity index (χ2n) is 8.01. The highest BCUT2D eigenvalue weighted by Crippen LogP contribution is 2.37. The van der Waals surface area contributed by atoms with Crippen LogP contribution in [0, 0.1) is 0 Å². The Kier molecular flexibility index (Phi) is 7.39. The zero-order valence-corrected chi connectivity index (χ0v) is 20.6. The van der Waals surface area contributed by atoms with Crippen molar-refractivity contribution in [3.8, 4) is 0 Å². The van der Waals surface area contributed by atoms with Crippen LogP contribution < -0.4 is 5.32 Å². The molecule has 0 atom stereocenters. The second kappa shape index (κ2) is 9.70. The molecule has 1 N–H and O–H groups in total. The molecule has 1 aromatic carbocycles. The summed E-state index contributed by atoms with van der Waals surface area (Å²) in [5, 5.41) is 3.30. The van der Waals surface area contributed by atoms with Gasteiger partial charge in [-0.2, -0.15) is 4.31 Å². The molecule has 0 fully saturated rings. The van der Waals surface area contributed by atoms with Crippen molar-refractivity contribution in [1.29, 1.82) is 0 Å². The van der Waals surface area contributed by atoms with E-state index in [0.717, 1.165) is 17.0 Å². The van der Waals surface area contributed by atoms with Crippen LogP contribution in [0.3, 0.4) is 0 Å². The number of nitrogens with one attached hydrogen (secondary N) is 1. The van der Waals surface area contributed by atoms with Gasteiger partial charge in [0.05, 0.1) is 17.1 Å². The maximum absolute atomic E-state index is 12.9. The van der Waals surface area contributed by atoms with Crippen LogP contribution in [0.1, 0.15) is 51.9 Å². The number of sulfonamides is 1. The first-order valence-corrected chi connectivity index (χ1v) is 12.7. The number of hydrogen-bond donors (Lipinski definition) is 1. The van der Waals surface area contributed by atoms with Crippen LogP contribution in [0.2, 0.25) is 0 Å². The minimum absolute atomic E-state index is 0.118. The van der Waals surface area contributed by atoms with Gasteiger partial charge in [-0.1, -0.05) is 0 Å². The van der Waals surface area contributed by atoms with Crippen LogP contribution in [0.25, 0.3) is 0 Å². The molecule has 0 unspecified atom stereocenters. The Hall–Kier alpha value is -2.27. The Morgan fingerprint density at radius 2 is 1.91 bits per heavy atom. The summed E-state index contributed by atoms with van der Waals surface area (Å²) in [5.74, 6) is -0.855. The third kappa shape index (κ3) is 4.88. The number of carbonyl (C=O) groups excluding carboxylic acids is 2. The van der Waals surface area contributed by atoms with Crippen LogP contribution in [0.4, 0.5) is 5.00 Å². The maximum atomic E-state index is 12.9. The molecule has 1 aliphatic heterocycles. The summed E-state index contributed by atoms with van der Waals surface area (Å²) in [6.45, 7) is 7.10. The summed E-state index contributed by atoms with van der Waals surface area (Å²) in [4.78, 5) is 28.8. The molecule has 1 aliphatic rings. The number of fused-ring (bicyclic) bond motifs is 1. The number of benzene rings is 1. The smallest absolute Gasteiger partial charge is 0.341 e. The lowest BCUT2D eigenvalue weighted by Crippen LogP contribution is -2.33. The van der Waals surface area contributed by atoms with Crippen molar-refractivity contribution in [3.63, 3.8) is 0 Å². The first-order chi connectivity index (χ1) is 15.1. The molecule has 1 amide bonds. The Labute approximate surface area is 193 Å². The van der Waals surface area contributed by atoms with E-state index in [-0.39, 0.29) is 17.5 Å². The van der Waals surface area contributed by atoms with E-state index in [0.29, 0.717) is 29.1 Å². The van der Waals surface area contributed by atoms with Gasteiger partial charge in [-0.3, -0.25) is 4.79 Å². The molecular formula is C22H29N3O5S2. The summed E-state index contributed by atoms with van der Waals surface area (Å²) in [5.41, 5.74) is 1.65. The van der Waals surface area contributed by atoms with Gasteiger partial charge in [-0.05, 0) is 64.1 Å². The number of amides is 1. The number of thiophene rings is 1. The van der Waals surface area contributed by atoms with Gasteiger partial charge in [-0.25, -0.2) is 13.2 Å². The zero-order chi connectivity index (χ0) is 23.6. The van der Waals surface area contributed by atoms with Gasteiger partial charge in [0.25, 0.3) is 5.91 Å². The Morgan fingerprint density at radius 1 is 1.25 bits per heavy atom. The predicted molar refractivity (Wildman–Crippen MR) is 125 cm³/mol. The Bertz CT molecular complexity index is 1110. The molecule has 3 rings (SSSR count). The summed E-state index contributed by atoms with van der Waals surface area (Å²) in [6.07, 6.45) is 0.711. The Balaban J connectivity index is 1.87. The van der Waals surface area contributed by atoms with Crippen molar-refractivity contribution >= 4 is 38.2 Å². The lowest BCUT2D eigenvalue weighted by Gasteiger charge is -2.22. The van der Waals surface area contributed by atoms with Gasteiger partial charge in [0.2, 0.25) is 10.0 Å². The van der Waals surface area contributed by atoms with Gasteiger partial charge in [-0.15, -0.1) is 11.3 Å². The monoisotopic (exact) mass is 479 g/mol. The number of ether oxygens (including phenoxy) is 1. The second-order valence-corrected chi connectivity index (χ2v) is 11.1. The molecule has 1 aromatic heterocycles. The average molecular weight is 480 g/mol. The largest absolute Gasteiger partial charge is 0.462 e. The molecule has 2 aromatic rings. The van der Waals surface area contributed by atoms with E-state index in [1.165, 1.54) is 47.0 Å². The van der Waals surface area contributed by atoms with Gasteiger partial charge >= 0.3 is 5.97 Å². The van der Waals surface area contributed by atoms with Gasteiger partial charge < -0.3 is 15.0 Å². The van der Waals surface area contributed by atoms with Gasteiger partial charge in [0.15, 0.2) is 0 Å². The standard InChI is InChI=1S/C22H29N3O5S2/c1-6-30-22(27)19-17-11-12-24(4)13-18(17)31-21(19)23-20(26)15-7-9-16(10-8-15)32(28,29)25(5)14(2)3/h7-10,14H,6,11-13H2,1-5H3,(H,23,26). The number of rotatable bonds is 7. The van der Waals surface area contributed by atoms with E-state index >= 15 is 0 Å². The molecule has 0 radical (unpaired) electrons. The number of anilines is 1. The Morgan fingerprint density at radius 3 is 2.50 bits per heavy atom. The van der Waals surface area contributed by atoms with Crippen molar-refractivity contribution in [1.82, 2.24) is 9.21 Å². The zero-order valence-electron chi connectivity index (χ0n) is 19.0. The fraction of sp³-hybridized carbons (Fsp3) is 0.455. The minimum atomic E-state index is -3.63. The lowest BCUT2D eigenvalue weighted by atomic mass is 10.0. The van der Waals surface area contributed by atoms with E-state index in [1.54, 1.807) is 20.8 Å². The molecule has 0 saturated heterocycles. The van der Waals surface area contributed by atoms with Gasteiger partial charge in [0, 0.05) is 36.6 Å². The van der Waals surface area contributed by atoms with Crippen LogP contribution in [-0.2, 0) is 27.7 Å². The molecule has 0 spiro atoms. The summed E-state index contributed by atoms with van der Waals surface area (Å²) >= 11 is 1.38. The van der Waals surface area contributed by atoms with E-state index in [1.807, 2.05) is 7.05 Å². The third-order valence-electron chi connectivity index (χ3n) is 5.48. The summed E-state index contributed by atoms with van der Waals surface area (Å²) in [6, 6.07) is 5.60. The molecule has 32 heavy (non-hydrogen) atoms. The SMILES string of the molecule is CCOC(=O)c1c(NC(=O)c2ccc(S(=O)(=O)N(C)C(C)C)cc2)sc2c1CCN(C)C2. The summed E-state index contributed by atoms with van der Waals surface area (Å²) < 4.78 is 31.8. The van der Waals surface area contributed by atoms with Crippen molar-refractivity contribution in [2.45, 2.75) is 44.7 Å². The van der Waals surface area contributed by atoms with E-state index in [2.05, 4.69) is 10.2 Å². The number of esters is 1. The molecule has 0 aliphatic carbocycles. The highest BCUT2D eigenvalue weighted by molar-refractivity contribution is 7.89. The highest BCUT2D eigenvalue weighted by atomic mass is 32.2. The number of carbonyl (C=O) groups is 2. The van der Waals surface area contributed by atoms with Crippen molar-refractivity contribution < 1.29 is 22.7 Å². The molecule has 2 heterocycles. The highest BCUT2D eigenvalue weighted by Gasteiger charge is 2.29. The third-order valence-corrected chi connectivity index (χ3v) is 8.66. The van der Waals surface area contributed by atoms with Crippen molar-refractivity contribution in [3.05, 3.63) is 45.8 Å². The number of likely N-dealkylation sites (N-methyl/N-ethyl adjacent to an activating group) is 1. The topological polar surface area (TPSA) is 96.0 Å². The molecule has 0 bridgehead atoms. The molecule has 8 nitrogen and oxygen atoms in total. The van der Waals surface area contributed by atoms with Crippen molar-refractivity contribution in [2.24, 2.45) is 0 Å². The molecule has 0 saturated carbocycles. The van der Waals surface area contributed by atoms with Crippen LogP contribution in [0.5, 0.6) is 0 Å². The number of hydrogen-bond acceptors (Lipinski definition) is 7. The minimum Gasteiger partial charge on any atom is -0.462 e. The quantitative estimate of drug-likeness (QED) is 0.613. The van der Waals surface area contributed by atoms with E-state index in [9.17, 15) is 18.0 Å². The summed E-state index contributed by atoms with van der Waals surface area (Å²) in [7, 11) is -0.101. The lowest BCUT2D eigenvalue weighted by molar-refractivity contribution is 0.0526. The van der Waals surface area contributed by atoms with E-state index < -0.39 is 21.9 Å².